The molecule has 138 valence electrons. The lowest BCUT2D eigenvalue weighted by Gasteiger charge is -2.30. The van der Waals surface area contributed by atoms with Gasteiger partial charge in [-0.05, 0) is 49.7 Å². The number of benzene rings is 2. The van der Waals surface area contributed by atoms with Crippen molar-refractivity contribution in [2.24, 2.45) is 0 Å². The summed E-state index contributed by atoms with van der Waals surface area (Å²) in [4.78, 5) is 14.9. The smallest absolute Gasteiger partial charge is 0.273 e. The summed E-state index contributed by atoms with van der Waals surface area (Å²) in [5, 5.41) is 8.04. The topological polar surface area (TPSA) is 58.2 Å². The Bertz CT molecular complexity index is 995. The molecule has 5 nitrogen and oxygen atoms in total. The minimum atomic E-state index is -0.281. The first-order chi connectivity index (χ1) is 13.0. The van der Waals surface area contributed by atoms with Crippen LogP contribution in [0.2, 0.25) is 5.02 Å². The van der Waals surface area contributed by atoms with Crippen LogP contribution in [0.1, 0.15) is 41.5 Å². The molecule has 1 aromatic heterocycles. The van der Waals surface area contributed by atoms with Gasteiger partial charge in [-0.2, -0.15) is 5.10 Å². The molecule has 1 N–H and O–H groups in total. The van der Waals surface area contributed by atoms with E-state index in [1.807, 2.05) is 67.3 Å². The van der Waals surface area contributed by atoms with E-state index in [9.17, 15) is 4.79 Å². The molecule has 0 aliphatic carbocycles. The largest absolute Gasteiger partial charge is 0.497 e. The molecule has 1 aliphatic heterocycles. The van der Waals surface area contributed by atoms with Crippen molar-refractivity contribution < 1.29 is 9.53 Å². The molecule has 4 rings (SSSR count). The van der Waals surface area contributed by atoms with Crippen molar-refractivity contribution in [3.8, 4) is 17.0 Å². The van der Waals surface area contributed by atoms with Crippen LogP contribution < -0.4 is 4.74 Å². The van der Waals surface area contributed by atoms with E-state index in [1.54, 1.807) is 7.11 Å². The standard InChI is InChI=1S/C21H20ClN3O2/c1-12(2)25-20(15-6-4-5-7-16(15)22)17-18(23-24-19(17)21(25)26)13-8-10-14(27-3)11-9-13/h4-12,20H,1-3H3,(H,23,24). The number of carbonyl (C=O) groups is 1. The number of aromatic nitrogens is 2. The third-order valence-corrected chi connectivity index (χ3v) is 5.27. The highest BCUT2D eigenvalue weighted by atomic mass is 35.5. The first-order valence-corrected chi connectivity index (χ1v) is 9.20. The highest BCUT2D eigenvalue weighted by molar-refractivity contribution is 6.31. The Balaban J connectivity index is 1.91. The zero-order valence-electron chi connectivity index (χ0n) is 15.4. The number of fused-ring (bicyclic) bond motifs is 1. The Hall–Kier alpha value is -2.79. The Labute approximate surface area is 162 Å². The molecular weight excluding hydrogens is 362 g/mol. The predicted octanol–water partition coefficient (Wildman–Crippen LogP) is 4.69. The van der Waals surface area contributed by atoms with Crippen LogP contribution in [0.4, 0.5) is 0 Å². The van der Waals surface area contributed by atoms with Crippen LogP contribution in [-0.2, 0) is 0 Å². The minimum Gasteiger partial charge on any atom is -0.497 e. The van der Waals surface area contributed by atoms with E-state index in [2.05, 4.69) is 10.2 Å². The number of methoxy groups -OCH3 is 1. The number of ether oxygens (including phenoxy) is 1. The van der Waals surface area contributed by atoms with Crippen molar-refractivity contribution in [3.05, 3.63) is 70.4 Å². The maximum Gasteiger partial charge on any atom is 0.273 e. The summed E-state index contributed by atoms with van der Waals surface area (Å²) in [6.45, 7) is 4.02. The zero-order chi connectivity index (χ0) is 19.1. The first-order valence-electron chi connectivity index (χ1n) is 8.82. The van der Waals surface area contributed by atoms with Crippen LogP contribution in [0.25, 0.3) is 11.3 Å². The van der Waals surface area contributed by atoms with Gasteiger partial charge in [-0.3, -0.25) is 9.89 Å². The number of rotatable bonds is 4. The second kappa shape index (κ2) is 6.74. The Morgan fingerprint density at radius 3 is 2.48 bits per heavy atom. The van der Waals surface area contributed by atoms with E-state index < -0.39 is 0 Å². The number of nitrogens with zero attached hydrogens (tertiary/aromatic N) is 2. The van der Waals surface area contributed by atoms with E-state index in [1.165, 1.54) is 0 Å². The molecule has 6 heteroatoms. The van der Waals surface area contributed by atoms with Crippen LogP contribution in [-0.4, -0.2) is 34.2 Å². The van der Waals surface area contributed by atoms with E-state index in [0.29, 0.717) is 10.7 Å². The number of hydrogen-bond acceptors (Lipinski definition) is 3. The second-order valence-corrected chi connectivity index (χ2v) is 7.23. The fourth-order valence-corrected chi connectivity index (χ4v) is 3.91. The summed E-state index contributed by atoms with van der Waals surface area (Å²) >= 11 is 6.51. The Kier molecular flexibility index (Phi) is 4.40. The van der Waals surface area contributed by atoms with Crippen molar-refractivity contribution in [2.45, 2.75) is 25.9 Å². The molecule has 1 amide bonds. The SMILES string of the molecule is COc1ccc(-c2n[nH]c3c2C(c2ccccc2Cl)N(C(C)C)C3=O)cc1. The number of carbonyl (C=O) groups excluding carboxylic acids is 1. The summed E-state index contributed by atoms with van der Waals surface area (Å²) < 4.78 is 5.24. The molecular formula is C21H20ClN3O2. The normalized spacial score (nSPS) is 16.1. The highest BCUT2D eigenvalue weighted by Crippen LogP contribution is 2.45. The zero-order valence-corrected chi connectivity index (χ0v) is 16.1. The van der Waals surface area contributed by atoms with E-state index in [-0.39, 0.29) is 18.0 Å². The monoisotopic (exact) mass is 381 g/mol. The number of halogens is 1. The number of hydrogen-bond donors (Lipinski definition) is 1. The molecule has 27 heavy (non-hydrogen) atoms. The van der Waals surface area contributed by atoms with Gasteiger partial charge in [0.25, 0.3) is 5.91 Å². The third-order valence-electron chi connectivity index (χ3n) is 4.92. The van der Waals surface area contributed by atoms with Crippen LogP contribution in [0.3, 0.4) is 0 Å². The van der Waals surface area contributed by atoms with Gasteiger partial charge in [-0.25, -0.2) is 0 Å². The van der Waals surface area contributed by atoms with E-state index >= 15 is 0 Å². The quantitative estimate of drug-likeness (QED) is 0.713. The first kappa shape index (κ1) is 17.6. The maximum atomic E-state index is 13.1. The summed E-state index contributed by atoms with van der Waals surface area (Å²) in [7, 11) is 1.63. The van der Waals surface area contributed by atoms with Gasteiger partial charge in [0.05, 0.1) is 18.8 Å². The molecule has 2 heterocycles. The van der Waals surface area contributed by atoms with Crippen molar-refractivity contribution in [3.63, 3.8) is 0 Å². The van der Waals surface area contributed by atoms with Crippen LogP contribution in [0, 0.1) is 0 Å². The average molecular weight is 382 g/mol. The summed E-state index contributed by atoms with van der Waals surface area (Å²) in [5.74, 6) is 0.714. The van der Waals surface area contributed by atoms with Gasteiger partial charge in [-0.15, -0.1) is 0 Å². The number of aromatic amines is 1. The van der Waals surface area contributed by atoms with Gasteiger partial charge in [0, 0.05) is 22.2 Å². The Morgan fingerprint density at radius 1 is 1.15 bits per heavy atom. The number of H-pyrrole nitrogens is 1. The summed E-state index contributed by atoms with van der Waals surface area (Å²) in [5.41, 5.74) is 3.97. The molecule has 0 saturated heterocycles. The number of amides is 1. The van der Waals surface area contributed by atoms with Gasteiger partial charge >= 0.3 is 0 Å². The lowest BCUT2D eigenvalue weighted by molar-refractivity contribution is 0.0688. The van der Waals surface area contributed by atoms with E-state index in [4.69, 9.17) is 16.3 Å². The summed E-state index contributed by atoms with van der Waals surface area (Å²) in [6, 6.07) is 15.1. The molecule has 0 spiro atoms. The van der Waals surface area contributed by atoms with Gasteiger partial charge in [0.15, 0.2) is 0 Å². The fraction of sp³-hybridized carbons (Fsp3) is 0.238. The molecule has 2 aromatic carbocycles. The third kappa shape index (κ3) is 2.79. The maximum absolute atomic E-state index is 13.1. The Morgan fingerprint density at radius 2 is 1.85 bits per heavy atom. The average Bonchev–Trinajstić information content (AvgIpc) is 3.21. The molecule has 0 radical (unpaired) electrons. The molecule has 1 atom stereocenters. The number of nitrogens with one attached hydrogen (secondary N) is 1. The van der Waals surface area contributed by atoms with Crippen molar-refractivity contribution in [1.82, 2.24) is 15.1 Å². The predicted molar refractivity (Wildman–Crippen MR) is 105 cm³/mol. The summed E-state index contributed by atoms with van der Waals surface area (Å²) in [6.07, 6.45) is 0. The van der Waals surface area contributed by atoms with E-state index in [0.717, 1.165) is 28.1 Å². The molecule has 0 bridgehead atoms. The molecule has 0 saturated carbocycles. The molecule has 3 aromatic rings. The lowest BCUT2D eigenvalue weighted by atomic mass is 9.95. The highest BCUT2D eigenvalue weighted by Gasteiger charge is 2.43. The van der Waals surface area contributed by atoms with Gasteiger partial charge in [0.2, 0.25) is 0 Å². The van der Waals surface area contributed by atoms with Crippen LogP contribution >= 0.6 is 11.6 Å². The van der Waals surface area contributed by atoms with Crippen LogP contribution in [0.5, 0.6) is 5.75 Å². The fourth-order valence-electron chi connectivity index (χ4n) is 3.67. The van der Waals surface area contributed by atoms with Gasteiger partial charge in [-0.1, -0.05) is 29.8 Å². The second-order valence-electron chi connectivity index (χ2n) is 6.82. The van der Waals surface area contributed by atoms with Crippen molar-refractivity contribution in [2.75, 3.05) is 7.11 Å². The molecule has 1 aliphatic rings. The van der Waals surface area contributed by atoms with Gasteiger partial charge in [0.1, 0.15) is 11.4 Å². The minimum absolute atomic E-state index is 0.0169. The van der Waals surface area contributed by atoms with Crippen molar-refractivity contribution >= 4 is 17.5 Å². The van der Waals surface area contributed by atoms with Crippen molar-refractivity contribution in [1.29, 1.82) is 0 Å². The lowest BCUT2D eigenvalue weighted by Crippen LogP contribution is -2.35. The molecule has 0 fully saturated rings. The molecule has 1 unspecified atom stereocenters. The van der Waals surface area contributed by atoms with Gasteiger partial charge < -0.3 is 9.64 Å². The van der Waals surface area contributed by atoms with Crippen LogP contribution in [0.15, 0.2) is 48.5 Å².